The van der Waals surface area contributed by atoms with Crippen molar-refractivity contribution in [1.29, 1.82) is 0 Å². The van der Waals surface area contributed by atoms with Crippen LogP contribution in [0.2, 0.25) is 0 Å². The standard InChI is InChI=1S/3C9H11NO3.Au/c3*10-8(9(12)13)5-6-1-3-7(11)4-2-6;/h3*1-4,8,11H,5,10H2,(H,12,13);/q;;;+3/p-3/t3*8-;/m000./s1. The van der Waals surface area contributed by atoms with Crippen molar-refractivity contribution >= 4 is 17.9 Å². The first-order valence-electron chi connectivity index (χ1n) is 11.5. The fraction of sp³-hybridized carbons (Fsp3) is 0.222. The molecule has 0 saturated heterocycles. The second-order valence-corrected chi connectivity index (χ2v) is 8.39. The first kappa shape index (κ1) is 36.1. The fourth-order valence-corrected chi connectivity index (χ4v) is 2.91. The molecule has 0 aliphatic rings. The molecule has 0 saturated carbocycles. The van der Waals surface area contributed by atoms with Crippen LogP contribution in [0.4, 0.5) is 0 Å². The van der Waals surface area contributed by atoms with Crippen molar-refractivity contribution < 1.29 is 67.4 Å². The molecule has 0 heterocycles. The molecule has 0 bridgehead atoms. The van der Waals surface area contributed by atoms with E-state index in [0.29, 0.717) is 0 Å². The maximum atomic E-state index is 10.3. The summed E-state index contributed by atoms with van der Waals surface area (Å²) in [6.45, 7) is 0. The van der Waals surface area contributed by atoms with E-state index in [2.05, 4.69) is 0 Å². The van der Waals surface area contributed by atoms with Gasteiger partial charge < -0.3 is 62.2 Å². The number of carbonyl (C=O) groups excluding carboxylic acids is 3. The third-order valence-electron chi connectivity index (χ3n) is 5.08. The largest absolute Gasteiger partial charge is 3.00 e. The number of aromatic hydroxyl groups is 3. The van der Waals surface area contributed by atoms with E-state index in [0.717, 1.165) is 16.7 Å². The Kier molecular flexibility index (Phi) is 16.6. The van der Waals surface area contributed by atoms with Gasteiger partial charge in [0.05, 0.1) is 17.9 Å². The summed E-state index contributed by atoms with van der Waals surface area (Å²) in [4.78, 5) is 30.9. The summed E-state index contributed by atoms with van der Waals surface area (Å²) in [6.07, 6.45) is 0.633. The molecule has 3 aromatic carbocycles. The Morgan fingerprint density at radius 3 is 0.825 bits per heavy atom. The number of carboxylic acids is 3. The fourth-order valence-electron chi connectivity index (χ4n) is 2.91. The van der Waals surface area contributed by atoms with Crippen LogP contribution in [0.25, 0.3) is 0 Å². The van der Waals surface area contributed by atoms with Gasteiger partial charge in [-0.1, -0.05) is 36.4 Å². The van der Waals surface area contributed by atoms with Crippen LogP contribution in [0.15, 0.2) is 72.8 Å². The molecule has 0 aromatic heterocycles. The topological polar surface area (TPSA) is 259 Å². The van der Waals surface area contributed by atoms with Gasteiger partial charge in [0.15, 0.2) is 0 Å². The predicted octanol–water partition coefficient (Wildman–Crippen LogP) is -2.97. The van der Waals surface area contributed by atoms with Gasteiger partial charge in [0.2, 0.25) is 0 Å². The third kappa shape index (κ3) is 14.9. The third-order valence-corrected chi connectivity index (χ3v) is 5.08. The minimum atomic E-state index is -1.27. The molecule has 0 unspecified atom stereocenters. The van der Waals surface area contributed by atoms with Gasteiger partial charge in [0.25, 0.3) is 0 Å². The Balaban J connectivity index is 0.000000563. The zero-order valence-electron chi connectivity index (χ0n) is 21.1. The summed E-state index contributed by atoms with van der Waals surface area (Å²) < 4.78 is 0. The van der Waals surface area contributed by atoms with Crippen molar-refractivity contribution in [1.82, 2.24) is 0 Å². The number of hydrogen-bond donors (Lipinski definition) is 6. The summed E-state index contributed by atoms with van der Waals surface area (Å²) >= 11 is 0. The second kappa shape index (κ2) is 18.4. The molecule has 12 nitrogen and oxygen atoms in total. The summed E-state index contributed by atoms with van der Waals surface area (Å²) in [7, 11) is 0. The Morgan fingerprint density at radius 1 is 0.500 bits per heavy atom. The molecule has 0 aliphatic heterocycles. The molecule has 40 heavy (non-hydrogen) atoms. The van der Waals surface area contributed by atoms with Crippen LogP contribution < -0.4 is 32.5 Å². The van der Waals surface area contributed by atoms with E-state index in [4.69, 9.17) is 32.5 Å². The van der Waals surface area contributed by atoms with Gasteiger partial charge in [0.1, 0.15) is 17.2 Å². The average molecular weight is 738 g/mol. The molecule has 3 rings (SSSR count). The van der Waals surface area contributed by atoms with Gasteiger partial charge in [-0.15, -0.1) is 0 Å². The number of nitrogens with two attached hydrogens (primary N) is 3. The Labute approximate surface area is 246 Å². The van der Waals surface area contributed by atoms with E-state index in [1.54, 1.807) is 36.4 Å². The zero-order valence-corrected chi connectivity index (χ0v) is 23.3. The molecule has 0 spiro atoms. The molecule has 3 aromatic rings. The monoisotopic (exact) mass is 737 g/mol. The van der Waals surface area contributed by atoms with Crippen LogP contribution in [-0.2, 0) is 56.0 Å². The van der Waals surface area contributed by atoms with Gasteiger partial charge in [-0.2, -0.15) is 0 Å². The SMILES string of the molecule is N[C@@H](Cc1ccc(O)cc1)C(=O)[O-].N[C@@H](Cc1ccc(O)cc1)C(=O)[O-].N[C@@H](Cc1ccc(O)cc1)C(=O)[O-].[Au+3]. The smallest absolute Gasteiger partial charge is 0.548 e. The van der Waals surface area contributed by atoms with E-state index in [1.165, 1.54) is 36.4 Å². The first-order valence-corrected chi connectivity index (χ1v) is 11.5. The van der Waals surface area contributed by atoms with Crippen LogP contribution in [0.1, 0.15) is 16.7 Å². The summed E-state index contributed by atoms with van der Waals surface area (Å²) in [5.41, 5.74) is 18.1. The van der Waals surface area contributed by atoms with Crippen molar-refractivity contribution in [2.24, 2.45) is 17.2 Å². The Hall–Kier alpha value is -3.91. The number of phenols is 3. The van der Waals surface area contributed by atoms with Gasteiger partial charge >= 0.3 is 22.4 Å². The number of phenolic OH excluding ortho intramolecular Hbond substituents is 3. The van der Waals surface area contributed by atoms with E-state index < -0.39 is 36.0 Å². The van der Waals surface area contributed by atoms with E-state index in [1.807, 2.05) is 0 Å². The van der Waals surface area contributed by atoms with E-state index >= 15 is 0 Å². The molecule has 13 heteroatoms. The molecule has 0 radical (unpaired) electrons. The van der Waals surface area contributed by atoms with Crippen molar-refractivity contribution in [3.05, 3.63) is 89.5 Å². The minimum Gasteiger partial charge on any atom is -0.548 e. The Bertz CT molecular complexity index is 1040. The van der Waals surface area contributed by atoms with Crippen LogP contribution in [0.3, 0.4) is 0 Å². The summed E-state index contributed by atoms with van der Waals surface area (Å²) in [5.74, 6) is -3.38. The summed E-state index contributed by atoms with van der Waals surface area (Å²) in [6, 6.07) is 15.7. The number of aliphatic carboxylic acids is 3. The normalized spacial score (nSPS) is 12.1. The molecule has 0 aliphatic carbocycles. The maximum Gasteiger partial charge on any atom is 3.00 e. The van der Waals surface area contributed by atoms with Gasteiger partial charge in [0, 0.05) is 18.1 Å². The van der Waals surface area contributed by atoms with Crippen molar-refractivity contribution in [2.45, 2.75) is 37.4 Å². The van der Waals surface area contributed by atoms with E-state index in [-0.39, 0.29) is 58.9 Å². The second-order valence-electron chi connectivity index (χ2n) is 8.39. The number of carboxylic acid groups (broad SMARTS) is 3. The van der Waals surface area contributed by atoms with Crippen LogP contribution in [-0.4, -0.2) is 51.4 Å². The minimum absolute atomic E-state index is 0. The van der Waals surface area contributed by atoms with Crippen LogP contribution in [0, 0.1) is 0 Å². The number of rotatable bonds is 9. The quantitative estimate of drug-likeness (QED) is 0.120. The average Bonchev–Trinajstić information content (AvgIpc) is 2.88. The van der Waals surface area contributed by atoms with Crippen molar-refractivity contribution in [3.8, 4) is 17.2 Å². The molecule has 0 fully saturated rings. The molecular formula is C27H30AuN3O9. The first-order chi connectivity index (χ1) is 18.3. The van der Waals surface area contributed by atoms with Gasteiger partial charge in [-0.3, -0.25) is 0 Å². The molecule has 218 valence electrons. The van der Waals surface area contributed by atoms with Gasteiger partial charge in [-0.25, -0.2) is 0 Å². The molecule has 0 amide bonds. The molecular weight excluding hydrogens is 707 g/mol. The van der Waals surface area contributed by atoms with Crippen molar-refractivity contribution in [3.63, 3.8) is 0 Å². The van der Waals surface area contributed by atoms with Crippen molar-refractivity contribution in [2.75, 3.05) is 0 Å². The number of hydrogen-bond acceptors (Lipinski definition) is 12. The molecule has 9 N–H and O–H groups in total. The predicted molar refractivity (Wildman–Crippen MR) is 134 cm³/mol. The molecule has 3 atom stereocenters. The van der Waals surface area contributed by atoms with E-state index in [9.17, 15) is 29.7 Å². The van der Waals surface area contributed by atoms with Gasteiger partial charge in [-0.05, 0) is 72.4 Å². The Morgan fingerprint density at radius 2 is 0.675 bits per heavy atom. The van der Waals surface area contributed by atoms with Crippen LogP contribution in [0.5, 0.6) is 17.2 Å². The number of carbonyl (C=O) groups is 3. The maximum absolute atomic E-state index is 10.3. The zero-order chi connectivity index (χ0) is 29.5. The summed E-state index contributed by atoms with van der Waals surface area (Å²) in [5, 5.41) is 57.7. The van der Waals surface area contributed by atoms with Crippen LogP contribution >= 0.6 is 0 Å². The number of benzene rings is 3.